The molecule has 2 aliphatic rings. The summed E-state index contributed by atoms with van der Waals surface area (Å²) in [5.41, 5.74) is 0.986. The number of aromatic nitrogens is 3. The normalized spacial score (nSPS) is 16.2. The van der Waals surface area contributed by atoms with Crippen LogP contribution in [0.15, 0.2) is 29.4 Å². The van der Waals surface area contributed by atoms with Gasteiger partial charge in [-0.25, -0.2) is 0 Å². The molecular formula is C20H25N5O2S. The second-order valence-corrected chi connectivity index (χ2v) is 8.67. The minimum Gasteiger partial charge on any atom is -0.350 e. The van der Waals surface area contributed by atoms with Crippen molar-refractivity contribution in [2.75, 3.05) is 11.1 Å². The maximum Gasteiger partial charge on any atom is 0.253 e. The molecule has 7 nitrogen and oxygen atoms in total. The maximum atomic E-state index is 12.5. The van der Waals surface area contributed by atoms with Crippen molar-refractivity contribution in [3.8, 4) is 0 Å². The molecule has 4 rings (SSSR count). The molecule has 2 saturated carbocycles. The Morgan fingerprint density at radius 1 is 1.18 bits per heavy atom. The second-order valence-electron chi connectivity index (χ2n) is 7.73. The lowest BCUT2D eigenvalue weighted by molar-refractivity contribution is -0.113. The van der Waals surface area contributed by atoms with Gasteiger partial charge in [-0.3, -0.25) is 9.59 Å². The first-order valence-electron chi connectivity index (χ1n) is 9.80. The molecule has 148 valence electrons. The molecule has 1 aromatic carbocycles. The Hall–Kier alpha value is -2.35. The zero-order valence-corrected chi connectivity index (χ0v) is 17.0. The van der Waals surface area contributed by atoms with Crippen LogP contribution < -0.4 is 10.6 Å². The molecule has 0 radical (unpaired) electrons. The third-order valence-electron chi connectivity index (χ3n) is 4.74. The molecule has 0 spiro atoms. The molecular weight excluding hydrogens is 374 g/mol. The summed E-state index contributed by atoms with van der Waals surface area (Å²) in [7, 11) is 0. The quantitative estimate of drug-likeness (QED) is 0.665. The molecule has 1 heterocycles. The van der Waals surface area contributed by atoms with Gasteiger partial charge in [0.25, 0.3) is 5.91 Å². The standard InChI is InChI=1S/C20H25N5O2S/c1-12(2)21-19(27)15-5-3-4-6-16(15)22-17(26)11-28-20-24-23-18(13-7-8-13)25(20)14-9-10-14/h3-6,12-14H,7-11H2,1-2H3,(H,21,27)(H,22,26). The number of nitrogens with zero attached hydrogens (tertiary/aromatic N) is 3. The topological polar surface area (TPSA) is 88.9 Å². The van der Waals surface area contributed by atoms with Crippen LogP contribution in [0.2, 0.25) is 0 Å². The van der Waals surface area contributed by atoms with E-state index in [1.54, 1.807) is 24.3 Å². The molecule has 2 aliphatic carbocycles. The minimum atomic E-state index is -0.193. The molecule has 8 heteroatoms. The van der Waals surface area contributed by atoms with E-state index in [0.29, 0.717) is 23.2 Å². The highest BCUT2D eigenvalue weighted by Gasteiger charge is 2.36. The van der Waals surface area contributed by atoms with Crippen LogP contribution in [0.25, 0.3) is 0 Å². The van der Waals surface area contributed by atoms with E-state index in [1.165, 1.54) is 24.6 Å². The summed E-state index contributed by atoms with van der Waals surface area (Å²) in [6.07, 6.45) is 4.70. The Morgan fingerprint density at radius 3 is 2.61 bits per heavy atom. The largest absolute Gasteiger partial charge is 0.350 e. The van der Waals surface area contributed by atoms with Crippen molar-refractivity contribution in [3.05, 3.63) is 35.7 Å². The van der Waals surface area contributed by atoms with Gasteiger partial charge in [0, 0.05) is 18.0 Å². The van der Waals surface area contributed by atoms with Gasteiger partial charge in [-0.15, -0.1) is 10.2 Å². The van der Waals surface area contributed by atoms with E-state index in [2.05, 4.69) is 25.4 Å². The molecule has 2 aromatic rings. The van der Waals surface area contributed by atoms with Gasteiger partial charge < -0.3 is 15.2 Å². The number of anilines is 1. The van der Waals surface area contributed by atoms with Gasteiger partial charge in [-0.05, 0) is 51.7 Å². The molecule has 0 atom stereocenters. The van der Waals surface area contributed by atoms with Gasteiger partial charge >= 0.3 is 0 Å². The fourth-order valence-corrected chi connectivity index (χ4v) is 3.94. The van der Waals surface area contributed by atoms with Crippen molar-refractivity contribution in [2.24, 2.45) is 0 Å². The van der Waals surface area contributed by atoms with E-state index in [4.69, 9.17) is 0 Å². The predicted octanol–water partition coefficient (Wildman–Crippen LogP) is 3.36. The van der Waals surface area contributed by atoms with Crippen molar-refractivity contribution in [2.45, 2.75) is 62.7 Å². The fourth-order valence-electron chi connectivity index (χ4n) is 3.13. The number of hydrogen-bond donors (Lipinski definition) is 2. The van der Waals surface area contributed by atoms with Crippen LogP contribution in [-0.2, 0) is 4.79 Å². The van der Waals surface area contributed by atoms with Crippen molar-refractivity contribution < 1.29 is 9.59 Å². The van der Waals surface area contributed by atoms with Crippen LogP contribution in [0.4, 0.5) is 5.69 Å². The summed E-state index contributed by atoms with van der Waals surface area (Å²) in [6.45, 7) is 3.81. The van der Waals surface area contributed by atoms with E-state index >= 15 is 0 Å². The van der Waals surface area contributed by atoms with Gasteiger partial charge in [0.1, 0.15) is 5.82 Å². The molecule has 28 heavy (non-hydrogen) atoms. The molecule has 2 N–H and O–H groups in total. The van der Waals surface area contributed by atoms with Crippen LogP contribution in [0.3, 0.4) is 0 Å². The number of para-hydroxylation sites is 1. The third kappa shape index (κ3) is 4.38. The predicted molar refractivity (Wildman–Crippen MR) is 109 cm³/mol. The first-order valence-corrected chi connectivity index (χ1v) is 10.8. The van der Waals surface area contributed by atoms with Gasteiger partial charge in [0.05, 0.1) is 17.0 Å². The molecule has 0 bridgehead atoms. The van der Waals surface area contributed by atoms with E-state index < -0.39 is 0 Å². The van der Waals surface area contributed by atoms with Crippen molar-refractivity contribution in [1.82, 2.24) is 20.1 Å². The van der Waals surface area contributed by atoms with Crippen LogP contribution in [0.5, 0.6) is 0 Å². The van der Waals surface area contributed by atoms with E-state index in [0.717, 1.165) is 23.8 Å². The number of benzene rings is 1. The van der Waals surface area contributed by atoms with Gasteiger partial charge in [-0.1, -0.05) is 23.9 Å². The number of amides is 2. The van der Waals surface area contributed by atoms with E-state index in [9.17, 15) is 9.59 Å². The maximum absolute atomic E-state index is 12.5. The average Bonchev–Trinajstić information content (AvgIpc) is 3.58. The van der Waals surface area contributed by atoms with Gasteiger partial charge in [0.2, 0.25) is 5.91 Å². The summed E-state index contributed by atoms with van der Waals surface area (Å²) >= 11 is 1.41. The Morgan fingerprint density at radius 2 is 1.93 bits per heavy atom. The second kappa shape index (κ2) is 7.95. The highest BCUT2D eigenvalue weighted by Crippen LogP contribution is 2.45. The SMILES string of the molecule is CC(C)NC(=O)c1ccccc1NC(=O)CSc1nnc(C2CC2)n1C1CC1. The Labute approximate surface area is 168 Å². The molecule has 0 saturated heterocycles. The summed E-state index contributed by atoms with van der Waals surface area (Å²) in [5.74, 6) is 1.51. The van der Waals surface area contributed by atoms with Gasteiger partial charge in [0.15, 0.2) is 5.16 Å². The smallest absolute Gasteiger partial charge is 0.253 e. The average molecular weight is 400 g/mol. The molecule has 0 unspecified atom stereocenters. The van der Waals surface area contributed by atoms with Crippen LogP contribution in [-0.4, -0.2) is 38.4 Å². The van der Waals surface area contributed by atoms with Crippen molar-refractivity contribution in [3.63, 3.8) is 0 Å². The highest BCUT2D eigenvalue weighted by atomic mass is 32.2. The van der Waals surface area contributed by atoms with E-state index in [-0.39, 0.29) is 23.6 Å². The summed E-state index contributed by atoms with van der Waals surface area (Å²) in [4.78, 5) is 24.9. The van der Waals surface area contributed by atoms with Crippen molar-refractivity contribution >= 4 is 29.3 Å². The number of thioether (sulfide) groups is 1. The van der Waals surface area contributed by atoms with Crippen LogP contribution in [0.1, 0.15) is 67.7 Å². The van der Waals surface area contributed by atoms with Gasteiger partial charge in [-0.2, -0.15) is 0 Å². The Bertz CT molecular complexity index is 886. The zero-order chi connectivity index (χ0) is 19.7. The Balaban J connectivity index is 1.40. The number of hydrogen-bond acceptors (Lipinski definition) is 5. The summed E-state index contributed by atoms with van der Waals surface area (Å²) in [5, 5.41) is 15.2. The summed E-state index contributed by atoms with van der Waals surface area (Å²) < 4.78 is 2.24. The van der Waals surface area contributed by atoms with Crippen molar-refractivity contribution in [1.29, 1.82) is 0 Å². The number of rotatable bonds is 8. The van der Waals surface area contributed by atoms with Crippen LogP contribution >= 0.6 is 11.8 Å². The monoisotopic (exact) mass is 399 g/mol. The molecule has 2 amide bonds. The third-order valence-corrected chi connectivity index (χ3v) is 5.69. The lowest BCUT2D eigenvalue weighted by Crippen LogP contribution is -2.31. The number of carbonyl (C=O) groups is 2. The molecule has 1 aromatic heterocycles. The fraction of sp³-hybridized carbons (Fsp3) is 0.500. The van der Waals surface area contributed by atoms with Crippen LogP contribution in [0, 0.1) is 0 Å². The zero-order valence-electron chi connectivity index (χ0n) is 16.1. The molecule has 2 fully saturated rings. The van der Waals surface area contributed by atoms with E-state index in [1.807, 2.05) is 13.8 Å². The Kier molecular flexibility index (Phi) is 5.39. The number of carbonyl (C=O) groups excluding carboxylic acids is 2. The molecule has 0 aliphatic heterocycles. The number of nitrogens with one attached hydrogen (secondary N) is 2. The minimum absolute atomic E-state index is 0.0289. The summed E-state index contributed by atoms with van der Waals surface area (Å²) in [6, 6.07) is 7.58. The first-order chi connectivity index (χ1) is 13.5. The lowest BCUT2D eigenvalue weighted by atomic mass is 10.1. The highest BCUT2D eigenvalue weighted by molar-refractivity contribution is 7.99. The first kappa shape index (κ1) is 19.0. The lowest BCUT2D eigenvalue weighted by Gasteiger charge is -2.13.